The average Bonchev–Trinajstić information content (AvgIpc) is 2.88. The first-order valence-corrected chi connectivity index (χ1v) is 11.5. The van der Waals surface area contributed by atoms with Crippen LogP contribution in [0.4, 0.5) is 15.8 Å². The molecule has 0 radical (unpaired) electrons. The number of thiocarbonyl (C=S) groups is 1. The fraction of sp³-hybridized carbons (Fsp3) is 0.0385. The van der Waals surface area contributed by atoms with Gasteiger partial charge in [-0.25, -0.2) is 19.2 Å². The monoisotopic (exact) mass is 514 g/mol. The number of benzene rings is 3. The van der Waals surface area contributed by atoms with Gasteiger partial charge in [-0.3, -0.25) is 9.36 Å². The summed E-state index contributed by atoms with van der Waals surface area (Å²) in [4.78, 5) is 36.7. The number of ether oxygens (including phenoxy) is 1. The molecule has 3 N–H and O–H groups in total. The highest BCUT2D eigenvalue weighted by molar-refractivity contribution is 7.80. The smallest absolute Gasteiger partial charge is 0.329 e. The van der Waals surface area contributed by atoms with E-state index in [1.54, 1.807) is 67.0 Å². The second-order valence-corrected chi connectivity index (χ2v) is 8.36. The summed E-state index contributed by atoms with van der Waals surface area (Å²) in [6.07, 6.45) is 3.09. The van der Waals surface area contributed by atoms with Crippen molar-refractivity contribution in [2.75, 3.05) is 10.6 Å². The molecule has 0 amide bonds. The van der Waals surface area contributed by atoms with Crippen LogP contribution in [0.15, 0.2) is 94.8 Å². The Bertz CT molecular complexity index is 1720. The van der Waals surface area contributed by atoms with Crippen molar-refractivity contribution in [3.63, 3.8) is 0 Å². The minimum atomic E-state index is -0.542. The molecule has 2 aromatic heterocycles. The van der Waals surface area contributed by atoms with Crippen molar-refractivity contribution >= 4 is 39.6 Å². The number of nitrogens with one attached hydrogen (secondary N) is 3. The van der Waals surface area contributed by atoms with E-state index in [4.69, 9.17) is 17.0 Å². The predicted octanol–water partition coefficient (Wildman–Crippen LogP) is 4.27. The number of aromatic nitrogens is 4. The number of rotatable bonds is 6. The second-order valence-electron chi connectivity index (χ2n) is 7.95. The molecule has 0 saturated heterocycles. The standard InChI is InChI=1S/C26H19FN6O3S/c27-17-5-2-7-19(13-17)31-25(37)30-18-6-1-4-16(12-18)15-33-23(34)21-14-20(8-9-22(21)32-26(33)35)36-24-28-10-3-11-29-24/h1-14H,15H2,(H,32,35)(H2,30,31,37). The molecule has 0 bridgehead atoms. The maximum atomic E-state index is 13.4. The van der Waals surface area contributed by atoms with Crippen LogP contribution in [0, 0.1) is 5.82 Å². The summed E-state index contributed by atoms with van der Waals surface area (Å²) in [6, 6.07) is 19.6. The molecule has 37 heavy (non-hydrogen) atoms. The van der Waals surface area contributed by atoms with E-state index < -0.39 is 11.2 Å². The number of fused-ring (bicyclic) bond motifs is 1. The zero-order valence-electron chi connectivity index (χ0n) is 19.1. The summed E-state index contributed by atoms with van der Waals surface area (Å²) in [5, 5.41) is 6.48. The van der Waals surface area contributed by atoms with Crippen molar-refractivity contribution < 1.29 is 9.13 Å². The van der Waals surface area contributed by atoms with Crippen LogP contribution in [0.25, 0.3) is 10.9 Å². The normalized spacial score (nSPS) is 10.7. The summed E-state index contributed by atoms with van der Waals surface area (Å²) in [7, 11) is 0. The summed E-state index contributed by atoms with van der Waals surface area (Å²) < 4.78 is 20.1. The maximum absolute atomic E-state index is 13.4. The molecular formula is C26H19FN6O3S. The first-order chi connectivity index (χ1) is 17.9. The van der Waals surface area contributed by atoms with E-state index in [9.17, 15) is 14.0 Å². The van der Waals surface area contributed by atoms with Gasteiger partial charge in [-0.2, -0.15) is 0 Å². The first kappa shape index (κ1) is 23.8. The van der Waals surface area contributed by atoms with Crippen LogP contribution >= 0.6 is 12.2 Å². The average molecular weight is 515 g/mol. The third-order valence-corrected chi connectivity index (χ3v) is 5.52. The molecule has 0 spiro atoms. The number of halogens is 1. The molecule has 5 rings (SSSR count). The Morgan fingerprint density at radius 2 is 1.68 bits per heavy atom. The molecular weight excluding hydrogens is 495 g/mol. The highest BCUT2D eigenvalue weighted by Gasteiger charge is 2.11. The van der Waals surface area contributed by atoms with Crippen molar-refractivity contribution in [2.45, 2.75) is 6.54 Å². The zero-order chi connectivity index (χ0) is 25.8. The number of hydrogen-bond acceptors (Lipinski definition) is 6. The number of H-pyrrole nitrogens is 1. The number of aromatic amines is 1. The molecule has 3 aromatic carbocycles. The van der Waals surface area contributed by atoms with Gasteiger partial charge in [0.15, 0.2) is 5.11 Å². The van der Waals surface area contributed by atoms with Crippen LogP contribution in [-0.2, 0) is 6.54 Å². The van der Waals surface area contributed by atoms with Gasteiger partial charge in [-0.1, -0.05) is 18.2 Å². The first-order valence-electron chi connectivity index (χ1n) is 11.1. The Kier molecular flexibility index (Phi) is 6.68. The number of hydrogen-bond donors (Lipinski definition) is 3. The third-order valence-electron chi connectivity index (χ3n) is 5.31. The van der Waals surface area contributed by atoms with Crippen molar-refractivity contribution in [2.24, 2.45) is 0 Å². The van der Waals surface area contributed by atoms with Crippen molar-refractivity contribution in [1.29, 1.82) is 0 Å². The Labute approximate surface area is 214 Å². The number of nitrogens with zero attached hydrogens (tertiary/aromatic N) is 3. The lowest BCUT2D eigenvalue weighted by Crippen LogP contribution is -2.35. The van der Waals surface area contributed by atoms with Crippen molar-refractivity contribution in [1.82, 2.24) is 19.5 Å². The zero-order valence-corrected chi connectivity index (χ0v) is 20.0. The molecule has 2 heterocycles. The molecule has 9 nitrogen and oxygen atoms in total. The Balaban J connectivity index is 1.37. The van der Waals surface area contributed by atoms with Crippen LogP contribution in [0.1, 0.15) is 5.56 Å². The van der Waals surface area contributed by atoms with Crippen LogP contribution < -0.4 is 26.6 Å². The van der Waals surface area contributed by atoms with Gasteiger partial charge in [0.1, 0.15) is 11.6 Å². The molecule has 0 aliphatic heterocycles. The van der Waals surface area contributed by atoms with Gasteiger partial charge in [0.05, 0.1) is 17.4 Å². The Morgan fingerprint density at radius 1 is 0.946 bits per heavy atom. The topological polar surface area (TPSA) is 114 Å². The molecule has 0 saturated carbocycles. The second kappa shape index (κ2) is 10.4. The van der Waals surface area contributed by atoms with Crippen LogP contribution in [0.5, 0.6) is 11.8 Å². The molecule has 0 unspecified atom stereocenters. The molecule has 184 valence electrons. The van der Waals surface area contributed by atoms with E-state index in [1.165, 1.54) is 18.2 Å². The Morgan fingerprint density at radius 3 is 2.43 bits per heavy atom. The van der Waals surface area contributed by atoms with Gasteiger partial charge in [0.25, 0.3) is 5.56 Å². The fourth-order valence-corrected chi connectivity index (χ4v) is 3.91. The fourth-order valence-electron chi connectivity index (χ4n) is 3.67. The van der Waals surface area contributed by atoms with E-state index in [0.717, 1.165) is 4.57 Å². The van der Waals surface area contributed by atoms with Crippen molar-refractivity contribution in [3.05, 3.63) is 117 Å². The van der Waals surface area contributed by atoms with Crippen LogP contribution in [0.2, 0.25) is 0 Å². The van der Waals surface area contributed by atoms with Crippen LogP contribution in [0.3, 0.4) is 0 Å². The molecule has 0 aliphatic carbocycles. The molecule has 5 aromatic rings. The molecule has 0 aliphatic rings. The highest BCUT2D eigenvalue weighted by Crippen LogP contribution is 2.20. The van der Waals surface area contributed by atoms with E-state index in [2.05, 4.69) is 25.6 Å². The van der Waals surface area contributed by atoms with Gasteiger partial charge in [-0.05, 0) is 72.4 Å². The van der Waals surface area contributed by atoms with E-state index >= 15 is 0 Å². The van der Waals surface area contributed by atoms with E-state index in [-0.39, 0.29) is 28.9 Å². The summed E-state index contributed by atoms with van der Waals surface area (Å²) in [5.74, 6) is -0.0205. The van der Waals surface area contributed by atoms with Gasteiger partial charge < -0.3 is 20.4 Å². The van der Waals surface area contributed by atoms with E-state index in [0.29, 0.717) is 28.2 Å². The molecule has 11 heteroatoms. The minimum absolute atomic E-state index is 0.0244. The van der Waals surface area contributed by atoms with Crippen LogP contribution in [-0.4, -0.2) is 24.6 Å². The van der Waals surface area contributed by atoms with Gasteiger partial charge >= 0.3 is 11.7 Å². The van der Waals surface area contributed by atoms with Crippen molar-refractivity contribution in [3.8, 4) is 11.8 Å². The van der Waals surface area contributed by atoms with Gasteiger partial charge in [0.2, 0.25) is 0 Å². The lowest BCUT2D eigenvalue weighted by Gasteiger charge is -2.12. The summed E-state index contributed by atoms with van der Waals surface area (Å²) in [6.45, 7) is 0.0244. The maximum Gasteiger partial charge on any atom is 0.329 e. The Hall–Kier alpha value is -4.90. The highest BCUT2D eigenvalue weighted by atomic mass is 32.1. The summed E-state index contributed by atoms with van der Waals surface area (Å²) in [5.41, 5.74) is 1.20. The quantitative estimate of drug-likeness (QED) is 0.288. The predicted molar refractivity (Wildman–Crippen MR) is 143 cm³/mol. The SMILES string of the molecule is O=c1[nH]c2ccc(Oc3ncccn3)cc2c(=O)n1Cc1cccc(NC(=S)Nc2cccc(F)c2)c1. The van der Waals surface area contributed by atoms with Gasteiger partial charge in [-0.15, -0.1) is 0 Å². The van der Waals surface area contributed by atoms with E-state index in [1.807, 2.05) is 0 Å². The lowest BCUT2D eigenvalue weighted by molar-refractivity contribution is 0.442. The number of anilines is 2. The molecule has 0 fully saturated rings. The third kappa shape index (κ3) is 5.68. The lowest BCUT2D eigenvalue weighted by atomic mass is 10.2. The minimum Gasteiger partial charge on any atom is -0.424 e. The summed E-state index contributed by atoms with van der Waals surface area (Å²) >= 11 is 5.31. The molecule has 0 atom stereocenters. The van der Waals surface area contributed by atoms with Gasteiger partial charge in [0, 0.05) is 23.8 Å². The largest absolute Gasteiger partial charge is 0.424 e.